The molecule has 62 heavy (non-hydrogen) atoms. The largest absolute Gasteiger partial charge is 0.462 e. The topological polar surface area (TPSA) is 95.9 Å². The molecular weight excluding hydrogens is 767 g/mol. The lowest BCUT2D eigenvalue weighted by Gasteiger charge is -2.24. The van der Waals surface area contributed by atoms with E-state index in [1.165, 1.54) is 64.2 Å². The summed E-state index contributed by atoms with van der Waals surface area (Å²) in [6, 6.07) is -0.729. The molecule has 0 aliphatic heterocycles. The van der Waals surface area contributed by atoms with Crippen LogP contribution in [-0.2, 0) is 14.3 Å². The van der Waals surface area contributed by atoms with Gasteiger partial charge in [-0.25, -0.2) is 0 Å². The summed E-state index contributed by atoms with van der Waals surface area (Å²) in [4.78, 5) is 26.1. The van der Waals surface area contributed by atoms with Gasteiger partial charge in [-0.1, -0.05) is 201 Å². The van der Waals surface area contributed by atoms with E-state index < -0.39 is 18.2 Å². The first kappa shape index (κ1) is 58.8. The van der Waals surface area contributed by atoms with Crippen LogP contribution in [0.2, 0.25) is 0 Å². The Morgan fingerprint density at radius 2 is 0.887 bits per heavy atom. The van der Waals surface area contributed by atoms with Crippen molar-refractivity contribution in [2.75, 3.05) is 6.61 Å². The van der Waals surface area contributed by atoms with E-state index in [0.29, 0.717) is 19.3 Å². The van der Waals surface area contributed by atoms with Gasteiger partial charge in [-0.3, -0.25) is 9.59 Å². The Kier molecular flexibility index (Phi) is 46.3. The molecule has 0 aromatic heterocycles. The number of esters is 1. The lowest BCUT2D eigenvalue weighted by atomic mass is 10.0. The summed E-state index contributed by atoms with van der Waals surface area (Å²) in [5, 5.41) is 23.6. The summed E-state index contributed by atoms with van der Waals surface area (Å²) in [5.41, 5.74) is 0. The van der Waals surface area contributed by atoms with E-state index in [1.807, 2.05) is 0 Å². The van der Waals surface area contributed by atoms with E-state index >= 15 is 0 Å². The number of allylic oxidation sites excluding steroid dienone is 16. The molecule has 0 aliphatic carbocycles. The van der Waals surface area contributed by atoms with Gasteiger partial charge in [0.25, 0.3) is 0 Å². The highest BCUT2D eigenvalue weighted by molar-refractivity contribution is 5.77. The number of aliphatic hydroxyl groups excluding tert-OH is 2. The Bertz CT molecular complexity index is 1240. The van der Waals surface area contributed by atoms with Gasteiger partial charge in [0.05, 0.1) is 25.2 Å². The lowest BCUT2D eigenvalue weighted by Crippen LogP contribution is -2.46. The monoisotopic (exact) mass is 862 g/mol. The molecule has 0 aliphatic rings. The second kappa shape index (κ2) is 48.8. The van der Waals surface area contributed by atoms with E-state index in [1.54, 1.807) is 0 Å². The molecule has 0 saturated carbocycles. The predicted octanol–water partition coefficient (Wildman–Crippen LogP) is 15.3. The minimum Gasteiger partial charge on any atom is -0.462 e. The summed E-state index contributed by atoms with van der Waals surface area (Å²) in [6.07, 6.45) is 64.7. The number of amides is 1. The minimum atomic E-state index is -0.811. The number of aliphatic hydroxyl groups is 2. The highest BCUT2D eigenvalue weighted by Gasteiger charge is 2.24. The molecule has 0 fully saturated rings. The van der Waals surface area contributed by atoms with E-state index in [4.69, 9.17) is 4.74 Å². The number of carbonyl (C=O) groups excluding carboxylic acids is 2. The van der Waals surface area contributed by atoms with Crippen LogP contribution in [-0.4, -0.2) is 46.9 Å². The molecule has 0 radical (unpaired) electrons. The van der Waals surface area contributed by atoms with E-state index in [0.717, 1.165) is 109 Å². The first-order chi connectivity index (χ1) is 30.5. The maximum absolute atomic E-state index is 13.2. The third-order valence-electron chi connectivity index (χ3n) is 10.9. The van der Waals surface area contributed by atoms with Crippen molar-refractivity contribution in [1.29, 1.82) is 0 Å². The molecule has 3 N–H and O–H groups in total. The number of rotatable bonds is 44. The van der Waals surface area contributed by atoms with Crippen molar-refractivity contribution in [2.45, 2.75) is 238 Å². The van der Waals surface area contributed by atoms with E-state index in [9.17, 15) is 19.8 Å². The summed E-state index contributed by atoms with van der Waals surface area (Å²) < 4.78 is 5.89. The summed E-state index contributed by atoms with van der Waals surface area (Å²) in [7, 11) is 0. The minimum absolute atomic E-state index is 0.0237. The fourth-order valence-electron chi connectivity index (χ4n) is 7.06. The molecule has 6 nitrogen and oxygen atoms in total. The Balaban J connectivity index is 4.75. The molecule has 0 rings (SSSR count). The Labute approximate surface area is 382 Å². The second-order valence-corrected chi connectivity index (χ2v) is 16.8. The standard InChI is InChI=1S/C56H95NO5/c1-4-7-10-13-16-19-21-23-25-27-29-31-33-36-38-41-44-47-52(50-55(60)57-53(51-58)54(59)48-45-42-39-35-18-15-12-9-6-3)62-56(61)49-46-43-40-37-34-32-30-28-26-24-22-20-17-14-11-8-5-2/h7,10,16-17,19-20,23-26,29-32,36,38,52-54,58-59H,4-6,8-9,11-15,18,21-22,27-28,33-35,37,39-51H2,1-3H3,(H,57,60)/b10-7-,19-16-,20-17-,25-23-,26-24-,31-29-,32-30-,38-36-. The van der Waals surface area contributed by atoms with Crippen molar-refractivity contribution in [2.24, 2.45) is 0 Å². The quantitative estimate of drug-likeness (QED) is 0.0322. The smallest absolute Gasteiger partial charge is 0.306 e. The molecule has 1 amide bonds. The first-order valence-corrected chi connectivity index (χ1v) is 25.5. The zero-order valence-corrected chi connectivity index (χ0v) is 40.2. The van der Waals surface area contributed by atoms with Crippen LogP contribution in [0.3, 0.4) is 0 Å². The average Bonchev–Trinajstić information content (AvgIpc) is 3.26. The zero-order chi connectivity index (χ0) is 45.2. The third-order valence-corrected chi connectivity index (χ3v) is 10.9. The molecule has 0 aromatic carbocycles. The number of carbonyl (C=O) groups is 2. The van der Waals surface area contributed by atoms with E-state index in [-0.39, 0.29) is 24.9 Å². The number of hydrogen-bond acceptors (Lipinski definition) is 5. The highest BCUT2D eigenvalue weighted by Crippen LogP contribution is 2.16. The molecule has 0 aromatic rings. The molecule has 0 bridgehead atoms. The zero-order valence-electron chi connectivity index (χ0n) is 40.2. The Morgan fingerprint density at radius 3 is 1.39 bits per heavy atom. The normalized spacial score (nSPS) is 14.1. The van der Waals surface area contributed by atoms with Crippen LogP contribution in [0.15, 0.2) is 97.2 Å². The van der Waals surface area contributed by atoms with Crippen LogP contribution in [0.25, 0.3) is 0 Å². The summed E-state index contributed by atoms with van der Waals surface area (Å²) in [5.74, 6) is -0.565. The second-order valence-electron chi connectivity index (χ2n) is 16.8. The average molecular weight is 862 g/mol. The number of nitrogens with one attached hydrogen (secondary N) is 1. The van der Waals surface area contributed by atoms with Gasteiger partial charge in [0.15, 0.2) is 0 Å². The molecule has 0 saturated heterocycles. The van der Waals surface area contributed by atoms with Gasteiger partial charge in [-0.15, -0.1) is 0 Å². The predicted molar refractivity (Wildman–Crippen MR) is 268 cm³/mol. The Morgan fingerprint density at radius 1 is 0.484 bits per heavy atom. The van der Waals surface area contributed by atoms with Crippen LogP contribution in [0, 0.1) is 0 Å². The van der Waals surface area contributed by atoms with Crippen LogP contribution in [0.4, 0.5) is 0 Å². The lowest BCUT2D eigenvalue weighted by molar-refractivity contribution is -0.151. The molecule has 3 unspecified atom stereocenters. The van der Waals surface area contributed by atoms with E-state index in [2.05, 4.69) is 123 Å². The first-order valence-electron chi connectivity index (χ1n) is 25.5. The van der Waals surface area contributed by atoms with Crippen molar-refractivity contribution in [3.8, 4) is 0 Å². The van der Waals surface area contributed by atoms with Crippen molar-refractivity contribution >= 4 is 11.9 Å². The van der Waals surface area contributed by atoms with Crippen LogP contribution in [0.5, 0.6) is 0 Å². The molecule has 0 heterocycles. The van der Waals surface area contributed by atoms with Gasteiger partial charge in [0.1, 0.15) is 6.10 Å². The van der Waals surface area contributed by atoms with Crippen molar-refractivity contribution in [1.82, 2.24) is 5.32 Å². The molecule has 6 heteroatoms. The van der Waals surface area contributed by atoms with Gasteiger partial charge in [0, 0.05) is 6.42 Å². The third kappa shape index (κ3) is 43.4. The fraction of sp³-hybridized carbons (Fsp3) is 0.679. The molecule has 354 valence electrons. The van der Waals surface area contributed by atoms with Gasteiger partial charge in [0.2, 0.25) is 5.91 Å². The maximum atomic E-state index is 13.2. The molecule has 0 spiro atoms. The van der Waals surface area contributed by atoms with Crippen molar-refractivity contribution < 1.29 is 24.5 Å². The van der Waals surface area contributed by atoms with Crippen LogP contribution >= 0.6 is 0 Å². The highest BCUT2D eigenvalue weighted by atomic mass is 16.5. The van der Waals surface area contributed by atoms with Crippen LogP contribution in [0.1, 0.15) is 220 Å². The summed E-state index contributed by atoms with van der Waals surface area (Å²) >= 11 is 0. The SMILES string of the molecule is CC/C=C\C/C=C\C/C=C\C/C=C\C/C=C\CCCC(CC(=O)NC(CO)C(O)CCCCCCCCCCC)OC(=O)CCCCCC/C=C\C/C=C\C/C=C\CCCCC. The fourth-order valence-corrected chi connectivity index (χ4v) is 7.06. The Hall–Kier alpha value is -3.22. The van der Waals surface area contributed by atoms with Gasteiger partial charge < -0.3 is 20.3 Å². The number of ether oxygens (including phenoxy) is 1. The van der Waals surface area contributed by atoms with Gasteiger partial charge in [-0.05, 0) is 103 Å². The number of hydrogen-bond donors (Lipinski definition) is 3. The summed E-state index contributed by atoms with van der Waals surface area (Å²) in [6.45, 7) is 6.29. The molecule has 3 atom stereocenters. The van der Waals surface area contributed by atoms with Crippen molar-refractivity contribution in [3.63, 3.8) is 0 Å². The van der Waals surface area contributed by atoms with Gasteiger partial charge in [-0.2, -0.15) is 0 Å². The van der Waals surface area contributed by atoms with Gasteiger partial charge >= 0.3 is 5.97 Å². The maximum Gasteiger partial charge on any atom is 0.306 e. The van der Waals surface area contributed by atoms with Crippen molar-refractivity contribution in [3.05, 3.63) is 97.2 Å². The number of unbranched alkanes of at least 4 members (excludes halogenated alkanes) is 16. The van der Waals surface area contributed by atoms with Crippen LogP contribution < -0.4 is 5.32 Å². The molecular formula is C56H95NO5.